The summed E-state index contributed by atoms with van der Waals surface area (Å²) in [6.07, 6.45) is 0. The summed E-state index contributed by atoms with van der Waals surface area (Å²) in [4.78, 5) is 37.0. The highest BCUT2D eigenvalue weighted by atomic mass is 16.6. The van der Waals surface area contributed by atoms with Gasteiger partial charge in [-0.1, -0.05) is 24.3 Å². The SMILES string of the molecule is Cc1cc(C(c2ccc(OCC(=O)OC(C)(C)C)cc2)c2cc(C)c(OCC(=O)OC(C)(C)C)cc2C)c(C)cc1OCC(=O)OC(C)(C)C. The van der Waals surface area contributed by atoms with E-state index in [1.165, 1.54) is 0 Å². The van der Waals surface area contributed by atoms with Crippen molar-refractivity contribution >= 4 is 17.9 Å². The topological polar surface area (TPSA) is 107 Å². The van der Waals surface area contributed by atoms with Crippen LogP contribution in [0.3, 0.4) is 0 Å². The fourth-order valence-electron chi connectivity index (χ4n) is 5.37. The Morgan fingerprint density at radius 3 is 1.18 bits per heavy atom. The van der Waals surface area contributed by atoms with E-state index < -0.39 is 34.7 Å². The van der Waals surface area contributed by atoms with E-state index >= 15 is 0 Å². The summed E-state index contributed by atoms with van der Waals surface area (Å²) in [7, 11) is 0. The van der Waals surface area contributed by atoms with Gasteiger partial charge in [-0.2, -0.15) is 0 Å². The van der Waals surface area contributed by atoms with Crippen LogP contribution < -0.4 is 14.2 Å². The quantitative estimate of drug-likeness (QED) is 0.105. The highest BCUT2D eigenvalue weighted by molar-refractivity contribution is 5.72. The second-order valence-corrected chi connectivity index (χ2v) is 15.6. The second kappa shape index (κ2) is 16.0. The van der Waals surface area contributed by atoms with Crippen molar-refractivity contribution in [1.82, 2.24) is 0 Å². The summed E-state index contributed by atoms with van der Waals surface area (Å²) in [6.45, 7) is 23.7. The Morgan fingerprint density at radius 1 is 0.500 bits per heavy atom. The number of benzene rings is 3. The number of aryl methyl sites for hydroxylation is 4. The Hall–Kier alpha value is -4.53. The number of esters is 3. The van der Waals surface area contributed by atoms with Crippen LogP contribution in [0, 0.1) is 27.7 Å². The Bertz CT molecular complexity index is 1580. The molecule has 0 fully saturated rings. The average molecular weight is 691 g/mol. The van der Waals surface area contributed by atoms with Crippen molar-refractivity contribution in [3.05, 3.63) is 87.5 Å². The highest BCUT2D eigenvalue weighted by Crippen LogP contribution is 2.40. The zero-order valence-corrected chi connectivity index (χ0v) is 32.0. The van der Waals surface area contributed by atoms with E-state index in [1.807, 2.05) is 126 Å². The molecule has 0 aliphatic carbocycles. The van der Waals surface area contributed by atoms with Crippen LogP contribution in [0.25, 0.3) is 0 Å². The normalized spacial score (nSPS) is 12.0. The monoisotopic (exact) mass is 690 g/mol. The summed E-state index contributed by atoms with van der Waals surface area (Å²) in [6, 6.07) is 15.7. The minimum Gasteiger partial charge on any atom is -0.482 e. The first-order valence-corrected chi connectivity index (χ1v) is 16.9. The summed E-state index contributed by atoms with van der Waals surface area (Å²) >= 11 is 0. The number of rotatable bonds is 12. The Morgan fingerprint density at radius 2 is 0.840 bits per heavy atom. The van der Waals surface area contributed by atoms with Gasteiger partial charge < -0.3 is 28.4 Å². The third kappa shape index (κ3) is 12.4. The van der Waals surface area contributed by atoms with Crippen LogP contribution in [0.5, 0.6) is 17.2 Å². The van der Waals surface area contributed by atoms with Crippen LogP contribution in [-0.2, 0) is 28.6 Å². The molecule has 0 atom stereocenters. The van der Waals surface area contributed by atoms with Crippen molar-refractivity contribution in [2.75, 3.05) is 19.8 Å². The first-order valence-electron chi connectivity index (χ1n) is 16.9. The molecule has 0 N–H and O–H groups in total. The van der Waals surface area contributed by atoms with Crippen molar-refractivity contribution < 1.29 is 42.8 Å². The molecule has 9 nitrogen and oxygen atoms in total. The number of carbonyl (C=O) groups is 3. The van der Waals surface area contributed by atoms with Crippen molar-refractivity contribution in [3.8, 4) is 17.2 Å². The van der Waals surface area contributed by atoms with Gasteiger partial charge in [-0.15, -0.1) is 0 Å². The minimum atomic E-state index is -0.606. The van der Waals surface area contributed by atoms with Gasteiger partial charge in [0, 0.05) is 5.92 Å². The lowest BCUT2D eigenvalue weighted by atomic mass is 9.80. The third-order valence-corrected chi connectivity index (χ3v) is 7.27. The van der Waals surface area contributed by atoms with Gasteiger partial charge in [-0.25, -0.2) is 14.4 Å². The van der Waals surface area contributed by atoms with Crippen LogP contribution in [-0.4, -0.2) is 54.5 Å². The molecular weight excluding hydrogens is 636 g/mol. The Balaban J connectivity index is 2.00. The maximum Gasteiger partial charge on any atom is 0.344 e. The molecule has 0 saturated heterocycles. The van der Waals surface area contributed by atoms with Gasteiger partial charge >= 0.3 is 17.9 Å². The zero-order chi connectivity index (χ0) is 37.6. The van der Waals surface area contributed by atoms with Crippen LogP contribution >= 0.6 is 0 Å². The van der Waals surface area contributed by atoms with E-state index in [2.05, 4.69) is 12.1 Å². The molecule has 272 valence electrons. The van der Waals surface area contributed by atoms with Crippen LogP contribution in [0.1, 0.15) is 107 Å². The number of ether oxygens (including phenoxy) is 6. The zero-order valence-electron chi connectivity index (χ0n) is 32.0. The lowest BCUT2D eigenvalue weighted by Crippen LogP contribution is -2.27. The smallest absolute Gasteiger partial charge is 0.344 e. The van der Waals surface area contributed by atoms with Gasteiger partial charge in [0.1, 0.15) is 34.1 Å². The minimum absolute atomic E-state index is 0.200. The van der Waals surface area contributed by atoms with Crippen molar-refractivity contribution in [3.63, 3.8) is 0 Å². The maximum atomic E-state index is 12.4. The molecule has 0 aliphatic heterocycles. The van der Waals surface area contributed by atoms with E-state index in [4.69, 9.17) is 28.4 Å². The van der Waals surface area contributed by atoms with E-state index in [0.29, 0.717) is 17.2 Å². The van der Waals surface area contributed by atoms with Gasteiger partial charge in [-0.05, 0) is 153 Å². The summed E-state index contributed by atoms with van der Waals surface area (Å²) in [5, 5.41) is 0. The van der Waals surface area contributed by atoms with Gasteiger partial charge in [0.2, 0.25) is 0 Å². The maximum absolute atomic E-state index is 12.4. The van der Waals surface area contributed by atoms with Crippen LogP contribution in [0.2, 0.25) is 0 Å². The molecule has 0 aromatic heterocycles. The molecule has 0 amide bonds. The fraction of sp³-hybridized carbons (Fsp3) is 0.488. The summed E-state index contributed by atoms with van der Waals surface area (Å²) < 4.78 is 33.8. The molecule has 50 heavy (non-hydrogen) atoms. The molecule has 3 rings (SSSR count). The molecule has 0 saturated carbocycles. The first-order chi connectivity index (χ1) is 23.0. The van der Waals surface area contributed by atoms with Gasteiger partial charge in [0.05, 0.1) is 0 Å². The molecule has 0 bridgehead atoms. The molecule has 0 radical (unpaired) electrons. The largest absolute Gasteiger partial charge is 0.482 e. The van der Waals surface area contributed by atoms with Crippen molar-refractivity contribution in [2.24, 2.45) is 0 Å². The average Bonchev–Trinajstić information content (AvgIpc) is 2.96. The van der Waals surface area contributed by atoms with E-state index in [0.717, 1.165) is 38.9 Å². The predicted octanol–water partition coefficient (Wildman–Crippen LogP) is 8.26. The molecule has 9 heteroatoms. The number of carbonyl (C=O) groups excluding carboxylic acids is 3. The molecule has 3 aromatic carbocycles. The predicted molar refractivity (Wildman–Crippen MR) is 193 cm³/mol. The Kier molecular flexibility index (Phi) is 12.8. The second-order valence-electron chi connectivity index (χ2n) is 15.6. The van der Waals surface area contributed by atoms with Gasteiger partial charge in [-0.3, -0.25) is 0 Å². The molecule has 0 spiro atoms. The Labute approximate surface area is 297 Å². The highest BCUT2D eigenvalue weighted by Gasteiger charge is 2.25. The van der Waals surface area contributed by atoms with E-state index in [1.54, 1.807) is 0 Å². The van der Waals surface area contributed by atoms with E-state index in [-0.39, 0.29) is 25.7 Å². The van der Waals surface area contributed by atoms with E-state index in [9.17, 15) is 14.4 Å². The molecule has 0 aliphatic rings. The fourth-order valence-corrected chi connectivity index (χ4v) is 5.37. The van der Waals surface area contributed by atoms with Crippen molar-refractivity contribution in [2.45, 2.75) is 113 Å². The number of hydrogen-bond acceptors (Lipinski definition) is 9. The molecule has 0 unspecified atom stereocenters. The summed E-state index contributed by atoms with van der Waals surface area (Å²) in [5.74, 6) is 0.194. The third-order valence-electron chi connectivity index (χ3n) is 7.27. The van der Waals surface area contributed by atoms with Crippen molar-refractivity contribution in [1.29, 1.82) is 0 Å². The summed E-state index contributed by atoms with van der Waals surface area (Å²) in [5.41, 5.74) is 4.92. The van der Waals surface area contributed by atoms with Gasteiger partial charge in [0.25, 0.3) is 0 Å². The lowest BCUT2D eigenvalue weighted by molar-refractivity contribution is -0.158. The van der Waals surface area contributed by atoms with Gasteiger partial charge in [0.15, 0.2) is 19.8 Å². The molecular formula is C41H54O9. The molecule has 0 heterocycles. The first kappa shape index (κ1) is 39.9. The number of hydrogen-bond donors (Lipinski definition) is 0. The lowest BCUT2D eigenvalue weighted by Gasteiger charge is -2.26. The van der Waals surface area contributed by atoms with Crippen LogP contribution in [0.4, 0.5) is 0 Å². The standard InChI is InChI=1S/C41H54O9/c1-25-20-33(46-23-36(43)49-40(8,9)10)27(3)18-31(25)38(29-14-16-30(17-15-29)45-22-35(42)48-39(5,6)7)32-19-28(4)34(21-26(32)2)47-24-37(44)50-41(11,12)13/h14-21,38H,22-24H2,1-13H3. The molecule has 3 aromatic rings. The van der Waals surface area contributed by atoms with Crippen LogP contribution in [0.15, 0.2) is 48.5 Å².